The van der Waals surface area contributed by atoms with Crippen LogP contribution in [0, 0.1) is 6.92 Å². The molecule has 0 aromatic carbocycles. The van der Waals surface area contributed by atoms with Crippen LogP contribution >= 0.6 is 0 Å². The van der Waals surface area contributed by atoms with Crippen molar-refractivity contribution in [3.05, 3.63) is 19.2 Å². The Hall–Kier alpha value is -0.460. The van der Waals surface area contributed by atoms with E-state index in [1.165, 1.54) is 0 Å². The van der Waals surface area contributed by atoms with Crippen LogP contribution in [-0.4, -0.2) is 19.0 Å². The first-order valence-corrected chi connectivity index (χ1v) is 1.76. The summed E-state index contributed by atoms with van der Waals surface area (Å²) in [4.78, 5) is 1.75. The van der Waals surface area contributed by atoms with Crippen molar-refractivity contribution in [2.24, 2.45) is 0 Å². The van der Waals surface area contributed by atoms with Gasteiger partial charge in [-0.1, -0.05) is 6.58 Å². The molecule has 2 radical (unpaired) electrons. The summed E-state index contributed by atoms with van der Waals surface area (Å²) >= 11 is 0. The highest BCUT2D eigenvalue weighted by Gasteiger charge is 1.79. The van der Waals surface area contributed by atoms with Gasteiger partial charge in [-0.3, -0.25) is 0 Å². The second-order valence-corrected chi connectivity index (χ2v) is 1.39. The molecule has 1 heteroatoms. The van der Waals surface area contributed by atoms with Gasteiger partial charge in [0, 0.05) is 26.7 Å². The molecule has 0 unspecified atom stereocenters. The Morgan fingerprint density at radius 3 is 1.83 bits per heavy atom. The Morgan fingerprint density at radius 2 is 1.83 bits per heavy atom. The summed E-state index contributed by atoms with van der Waals surface area (Å²) in [6.45, 7) is 8.62. The third kappa shape index (κ3) is 1.82. The van der Waals surface area contributed by atoms with Crippen LogP contribution in [0.25, 0.3) is 0 Å². The quantitative estimate of drug-likeness (QED) is 0.452. The van der Waals surface area contributed by atoms with E-state index in [2.05, 4.69) is 6.58 Å². The number of rotatable bonds is 1. The monoisotopic (exact) mass is 83.1 g/mol. The maximum absolute atomic E-state index is 5.17. The standard InChI is InChI=1S/C5H9N/c1-5(2)6(3)4/h1H,2H2,3-4H3. The molecule has 0 aliphatic carbocycles. The summed E-state index contributed by atoms with van der Waals surface area (Å²) in [5.74, 6) is 0. The first-order chi connectivity index (χ1) is 2.64. The van der Waals surface area contributed by atoms with Crippen LogP contribution in [0.5, 0.6) is 0 Å². The first-order valence-electron chi connectivity index (χ1n) is 1.76. The molecule has 1 nitrogen and oxygen atoms in total. The fraction of sp³-hybridized carbons (Fsp3) is 0.400. The van der Waals surface area contributed by atoms with Crippen LogP contribution in [0.2, 0.25) is 0 Å². The van der Waals surface area contributed by atoms with Crippen molar-refractivity contribution in [1.29, 1.82) is 0 Å². The molecule has 0 amide bonds. The Bertz CT molecular complexity index is 55.0. The molecule has 0 aromatic rings. The van der Waals surface area contributed by atoms with Gasteiger partial charge in [-0.2, -0.15) is 0 Å². The van der Waals surface area contributed by atoms with Crippen molar-refractivity contribution in [2.45, 2.75) is 0 Å². The first kappa shape index (κ1) is 5.54. The van der Waals surface area contributed by atoms with Crippen LogP contribution in [-0.2, 0) is 0 Å². The minimum Gasteiger partial charge on any atom is -0.381 e. The largest absolute Gasteiger partial charge is 0.381 e. The lowest BCUT2D eigenvalue weighted by molar-refractivity contribution is 0.531. The van der Waals surface area contributed by atoms with E-state index >= 15 is 0 Å². The molecule has 0 saturated carbocycles. The van der Waals surface area contributed by atoms with Gasteiger partial charge in [0.2, 0.25) is 0 Å². The van der Waals surface area contributed by atoms with Gasteiger partial charge in [0.1, 0.15) is 0 Å². The Kier molecular flexibility index (Phi) is 1.71. The Morgan fingerprint density at radius 1 is 1.67 bits per heavy atom. The number of hydrogen-bond donors (Lipinski definition) is 0. The van der Waals surface area contributed by atoms with Gasteiger partial charge in [-0.15, -0.1) is 0 Å². The molecule has 0 heterocycles. The van der Waals surface area contributed by atoms with Crippen LogP contribution in [0.3, 0.4) is 0 Å². The normalized spacial score (nSPS) is 7.83. The highest BCUT2D eigenvalue weighted by atomic mass is 15.1. The molecule has 0 N–H and O–H groups in total. The van der Waals surface area contributed by atoms with Crippen molar-refractivity contribution < 1.29 is 0 Å². The van der Waals surface area contributed by atoms with Crippen molar-refractivity contribution in [3.8, 4) is 0 Å². The van der Waals surface area contributed by atoms with Crippen LogP contribution in [0.1, 0.15) is 0 Å². The summed E-state index contributed by atoms with van der Waals surface area (Å²) in [6.07, 6.45) is 0. The van der Waals surface area contributed by atoms with E-state index in [0.717, 1.165) is 0 Å². The predicted octanol–water partition coefficient (Wildman–Crippen LogP) is 0.773. The summed E-state index contributed by atoms with van der Waals surface area (Å²) in [7, 11) is 3.70. The van der Waals surface area contributed by atoms with E-state index in [1.807, 2.05) is 14.1 Å². The second kappa shape index (κ2) is 1.85. The summed E-state index contributed by atoms with van der Waals surface area (Å²) < 4.78 is 0. The van der Waals surface area contributed by atoms with Crippen molar-refractivity contribution >= 4 is 0 Å². The van der Waals surface area contributed by atoms with E-state index in [-0.39, 0.29) is 0 Å². The van der Waals surface area contributed by atoms with Gasteiger partial charge in [0.15, 0.2) is 0 Å². The predicted molar refractivity (Wildman–Crippen MR) is 27.1 cm³/mol. The summed E-state index contributed by atoms with van der Waals surface area (Å²) in [5.41, 5.74) is 0.593. The maximum Gasteiger partial charge on any atom is 0.0161 e. The zero-order chi connectivity index (χ0) is 5.15. The molecule has 0 spiro atoms. The Labute approximate surface area is 39.3 Å². The maximum atomic E-state index is 5.17. The molecule has 0 aliphatic rings. The second-order valence-electron chi connectivity index (χ2n) is 1.39. The van der Waals surface area contributed by atoms with Gasteiger partial charge < -0.3 is 4.90 Å². The minimum atomic E-state index is 0.593. The Balaban J connectivity index is 3.26. The van der Waals surface area contributed by atoms with Crippen LogP contribution in [0.4, 0.5) is 0 Å². The molecular formula is C5H9N. The van der Waals surface area contributed by atoms with E-state index in [1.54, 1.807) is 4.90 Å². The number of allylic oxidation sites excluding steroid dienone is 1. The van der Waals surface area contributed by atoms with Crippen LogP contribution in [0.15, 0.2) is 12.3 Å². The summed E-state index contributed by atoms with van der Waals surface area (Å²) in [6, 6.07) is 0. The highest BCUT2D eigenvalue weighted by Crippen LogP contribution is 1.85. The number of hydrogen-bond acceptors (Lipinski definition) is 1. The molecular weight excluding hydrogens is 74.1 g/mol. The number of nitrogens with zero attached hydrogens (tertiary/aromatic N) is 1. The minimum absolute atomic E-state index is 0.593. The molecule has 0 aliphatic heterocycles. The average Bonchev–Trinajstić information content (AvgIpc) is 1.36. The molecule has 0 rings (SSSR count). The lowest BCUT2D eigenvalue weighted by atomic mass is 10.5. The summed E-state index contributed by atoms with van der Waals surface area (Å²) in [5, 5.41) is 0. The van der Waals surface area contributed by atoms with Crippen molar-refractivity contribution in [3.63, 3.8) is 0 Å². The third-order valence-electron chi connectivity index (χ3n) is 0.574. The highest BCUT2D eigenvalue weighted by molar-refractivity contribution is 4.93. The SMILES string of the molecule is [CH]C(=C)N(C)C. The van der Waals surface area contributed by atoms with Gasteiger partial charge in [-0.05, 0) is 0 Å². The van der Waals surface area contributed by atoms with Gasteiger partial charge in [-0.25, -0.2) is 0 Å². The van der Waals surface area contributed by atoms with Gasteiger partial charge in [0.25, 0.3) is 0 Å². The molecule has 0 atom stereocenters. The van der Waals surface area contributed by atoms with E-state index < -0.39 is 0 Å². The fourth-order valence-corrected chi connectivity index (χ4v) is 0. The molecule has 34 valence electrons. The van der Waals surface area contributed by atoms with E-state index in [0.29, 0.717) is 5.70 Å². The lowest BCUT2D eigenvalue weighted by Gasteiger charge is -2.08. The lowest BCUT2D eigenvalue weighted by Crippen LogP contribution is -2.06. The zero-order valence-electron chi connectivity index (χ0n) is 4.23. The van der Waals surface area contributed by atoms with Crippen LogP contribution < -0.4 is 0 Å². The van der Waals surface area contributed by atoms with E-state index in [4.69, 9.17) is 6.92 Å². The fourth-order valence-electron chi connectivity index (χ4n) is 0. The zero-order valence-corrected chi connectivity index (χ0v) is 4.23. The third-order valence-corrected chi connectivity index (χ3v) is 0.574. The van der Waals surface area contributed by atoms with Crippen molar-refractivity contribution in [1.82, 2.24) is 4.90 Å². The molecule has 0 aromatic heterocycles. The molecule has 0 fully saturated rings. The van der Waals surface area contributed by atoms with E-state index in [9.17, 15) is 0 Å². The van der Waals surface area contributed by atoms with Crippen molar-refractivity contribution in [2.75, 3.05) is 14.1 Å². The van der Waals surface area contributed by atoms with Gasteiger partial charge >= 0.3 is 0 Å². The van der Waals surface area contributed by atoms with Gasteiger partial charge in [0.05, 0.1) is 0 Å². The molecule has 0 saturated heterocycles. The average molecular weight is 83.1 g/mol. The topological polar surface area (TPSA) is 3.24 Å². The molecule has 0 bridgehead atoms. The smallest absolute Gasteiger partial charge is 0.0161 e. The molecule has 6 heavy (non-hydrogen) atoms.